The van der Waals surface area contributed by atoms with E-state index in [1.54, 1.807) is 6.92 Å². The Kier molecular flexibility index (Phi) is 12.4. The Morgan fingerprint density at radius 1 is 0.615 bits per heavy atom. The number of esters is 1. The van der Waals surface area contributed by atoms with Gasteiger partial charge in [-0.3, -0.25) is 0 Å². The van der Waals surface area contributed by atoms with Crippen molar-refractivity contribution in [1.82, 2.24) is 10.6 Å². The molecule has 0 spiro atoms. The van der Waals surface area contributed by atoms with Gasteiger partial charge in [-0.05, 0) is 67.0 Å². The van der Waals surface area contributed by atoms with Gasteiger partial charge in [-0.25, -0.2) is 14.4 Å². The van der Waals surface area contributed by atoms with Gasteiger partial charge in [0, 0.05) is 13.1 Å². The first kappa shape index (κ1) is 29.2. The minimum atomic E-state index is -0.463. The number of benzene rings is 3. The molecule has 0 fully saturated rings. The lowest BCUT2D eigenvalue weighted by Gasteiger charge is -2.11. The zero-order valence-electron chi connectivity index (χ0n) is 22.3. The van der Waals surface area contributed by atoms with Gasteiger partial charge >= 0.3 is 18.2 Å². The van der Waals surface area contributed by atoms with E-state index < -0.39 is 12.2 Å². The fraction of sp³-hybridized carbons (Fsp3) is 0.323. The van der Waals surface area contributed by atoms with Crippen molar-refractivity contribution in [1.29, 1.82) is 0 Å². The van der Waals surface area contributed by atoms with Crippen molar-refractivity contribution < 1.29 is 28.6 Å². The monoisotopic (exact) mass is 532 g/mol. The van der Waals surface area contributed by atoms with Crippen molar-refractivity contribution in [3.8, 4) is 0 Å². The van der Waals surface area contributed by atoms with Gasteiger partial charge in [-0.15, -0.1) is 0 Å². The van der Waals surface area contributed by atoms with Crippen LogP contribution in [0.15, 0.2) is 78.9 Å². The maximum Gasteiger partial charge on any atom is 0.407 e. The van der Waals surface area contributed by atoms with Gasteiger partial charge in [0.2, 0.25) is 0 Å². The summed E-state index contributed by atoms with van der Waals surface area (Å²) in [6, 6.07) is 24.7. The summed E-state index contributed by atoms with van der Waals surface area (Å²) in [5, 5.41) is 5.53. The van der Waals surface area contributed by atoms with Crippen molar-refractivity contribution in [3.05, 3.63) is 107 Å². The molecule has 0 radical (unpaired) electrons. The van der Waals surface area contributed by atoms with Crippen LogP contribution in [0.1, 0.15) is 52.4 Å². The van der Waals surface area contributed by atoms with Crippen molar-refractivity contribution in [2.75, 3.05) is 19.7 Å². The molecule has 0 aliphatic carbocycles. The number of aryl methyl sites for hydroxylation is 2. The largest absolute Gasteiger partial charge is 0.462 e. The third-order valence-corrected chi connectivity index (χ3v) is 5.81. The molecule has 39 heavy (non-hydrogen) atoms. The van der Waals surface area contributed by atoms with Gasteiger partial charge in [0.05, 0.1) is 12.2 Å². The van der Waals surface area contributed by atoms with Crippen LogP contribution in [0, 0.1) is 0 Å². The molecule has 0 aliphatic heterocycles. The zero-order chi connectivity index (χ0) is 27.7. The van der Waals surface area contributed by atoms with E-state index in [0.29, 0.717) is 50.9 Å². The van der Waals surface area contributed by atoms with Gasteiger partial charge in [-0.2, -0.15) is 0 Å². The average molecular weight is 533 g/mol. The molecule has 0 atom stereocenters. The molecule has 2 N–H and O–H groups in total. The standard InChI is InChI=1S/C31H36N2O6/c1-2-37-29(34)28-20-26(15-9-17-32-30(35)38-22-24-11-5-3-6-12-24)19-27(21-28)16-10-18-33-31(36)39-23-25-13-7-4-8-14-25/h3-8,11-14,19-21H,2,9-10,15-18,22-23H2,1H3,(H,32,35)(H,33,36). The fourth-order valence-corrected chi connectivity index (χ4v) is 3.90. The second kappa shape index (κ2) is 16.5. The number of amides is 2. The van der Waals surface area contributed by atoms with Crippen molar-refractivity contribution in [2.45, 2.75) is 45.8 Å². The topological polar surface area (TPSA) is 103 Å². The Bertz CT molecular complexity index is 1100. The first-order valence-corrected chi connectivity index (χ1v) is 13.2. The molecule has 8 heteroatoms. The highest BCUT2D eigenvalue weighted by Crippen LogP contribution is 2.15. The molecule has 0 aromatic heterocycles. The molecular weight excluding hydrogens is 496 g/mol. The molecule has 206 valence electrons. The lowest BCUT2D eigenvalue weighted by atomic mass is 9.99. The molecular formula is C31H36N2O6. The molecule has 3 aromatic carbocycles. The van der Waals surface area contributed by atoms with Crippen molar-refractivity contribution in [2.24, 2.45) is 0 Å². The molecule has 2 amide bonds. The smallest absolute Gasteiger partial charge is 0.407 e. The highest BCUT2D eigenvalue weighted by molar-refractivity contribution is 5.89. The summed E-state index contributed by atoms with van der Waals surface area (Å²) < 4.78 is 15.7. The molecule has 3 rings (SSSR count). The van der Waals surface area contributed by atoms with Crippen LogP contribution in [0.5, 0.6) is 0 Å². The number of nitrogens with one attached hydrogen (secondary N) is 2. The van der Waals surface area contributed by atoms with Gasteiger partial charge in [0.25, 0.3) is 0 Å². The molecule has 0 heterocycles. The average Bonchev–Trinajstić information content (AvgIpc) is 2.96. The van der Waals surface area contributed by atoms with Crippen LogP contribution in [0.25, 0.3) is 0 Å². The zero-order valence-corrected chi connectivity index (χ0v) is 22.3. The molecule has 0 unspecified atom stereocenters. The molecule has 0 aliphatic rings. The van der Waals surface area contributed by atoms with E-state index in [1.165, 1.54) is 0 Å². The minimum absolute atomic E-state index is 0.219. The maximum atomic E-state index is 12.4. The Morgan fingerprint density at radius 3 is 1.51 bits per heavy atom. The Hall–Kier alpha value is -4.33. The van der Waals surface area contributed by atoms with E-state index in [1.807, 2.05) is 78.9 Å². The Labute approximate surface area is 229 Å². The van der Waals surface area contributed by atoms with Gasteiger partial charge < -0.3 is 24.8 Å². The minimum Gasteiger partial charge on any atom is -0.462 e. The first-order valence-electron chi connectivity index (χ1n) is 13.2. The van der Waals surface area contributed by atoms with E-state index in [-0.39, 0.29) is 19.2 Å². The number of carbonyl (C=O) groups is 3. The first-order chi connectivity index (χ1) is 19.0. The van der Waals surface area contributed by atoms with Crippen LogP contribution < -0.4 is 10.6 Å². The normalized spacial score (nSPS) is 10.4. The summed E-state index contributed by atoms with van der Waals surface area (Å²) in [5.41, 5.74) is 4.30. The summed E-state index contributed by atoms with van der Waals surface area (Å²) in [6.07, 6.45) is 1.78. The van der Waals surface area contributed by atoms with E-state index in [4.69, 9.17) is 14.2 Å². The third-order valence-electron chi connectivity index (χ3n) is 5.81. The molecule has 3 aromatic rings. The van der Waals surface area contributed by atoms with Crippen molar-refractivity contribution in [3.63, 3.8) is 0 Å². The summed E-state index contributed by atoms with van der Waals surface area (Å²) in [4.78, 5) is 36.3. The van der Waals surface area contributed by atoms with E-state index in [2.05, 4.69) is 10.6 Å². The van der Waals surface area contributed by atoms with Gasteiger partial charge in [0.15, 0.2) is 0 Å². The molecule has 8 nitrogen and oxygen atoms in total. The van der Waals surface area contributed by atoms with E-state index >= 15 is 0 Å². The van der Waals surface area contributed by atoms with Crippen LogP contribution in [0.3, 0.4) is 0 Å². The van der Waals surface area contributed by atoms with Crippen LogP contribution in [-0.2, 0) is 40.3 Å². The highest BCUT2D eigenvalue weighted by Gasteiger charge is 2.11. The number of rotatable bonds is 14. The maximum absolute atomic E-state index is 12.4. The lowest BCUT2D eigenvalue weighted by molar-refractivity contribution is 0.0526. The predicted molar refractivity (Wildman–Crippen MR) is 148 cm³/mol. The Balaban J connectivity index is 1.43. The van der Waals surface area contributed by atoms with Crippen LogP contribution in [0.4, 0.5) is 9.59 Å². The fourth-order valence-electron chi connectivity index (χ4n) is 3.90. The highest BCUT2D eigenvalue weighted by atomic mass is 16.6. The second-order valence-corrected chi connectivity index (χ2v) is 8.94. The van der Waals surface area contributed by atoms with E-state index in [0.717, 1.165) is 22.3 Å². The lowest BCUT2D eigenvalue weighted by Crippen LogP contribution is -2.25. The Morgan fingerprint density at radius 2 is 1.08 bits per heavy atom. The number of alkyl carbamates (subject to hydrolysis) is 2. The van der Waals surface area contributed by atoms with Crippen molar-refractivity contribution >= 4 is 18.2 Å². The van der Waals surface area contributed by atoms with E-state index in [9.17, 15) is 14.4 Å². The number of ether oxygens (including phenoxy) is 3. The van der Waals surface area contributed by atoms with Gasteiger partial charge in [0.1, 0.15) is 13.2 Å². The van der Waals surface area contributed by atoms with Crippen LogP contribution in [-0.4, -0.2) is 37.9 Å². The molecule has 0 bridgehead atoms. The number of hydrogen-bond acceptors (Lipinski definition) is 6. The van der Waals surface area contributed by atoms with Gasteiger partial charge in [-0.1, -0.05) is 66.7 Å². The third kappa shape index (κ3) is 11.3. The SMILES string of the molecule is CCOC(=O)c1cc(CCCNC(=O)OCc2ccccc2)cc(CCCNC(=O)OCc2ccccc2)c1. The predicted octanol–water partition coefficient (Wildman–Crippen LogP) is 5.58. The summed E-state index contributed by atoms with van der Waals surface area (Å²) >= 11 is 0. The second-order valence-electron chi connectivity index (χ2n) is 8.94. The van der Waals surface area contributed by atoms with Crippen LogP contribution in [0.2, 0.25) is 0 Å². The summed E-state index contributed by atoms with van der Waals surface area (Å²) in [7, 11) is 0. The molecule has 0 saturated carbocycles. The quantitative estimate of drug-likeness (QED) is 0.160. The summed E-state index contributed by atoms with van der Waals surface area (Å²) in [5.74, 6) is -0.370. The molecule has 0 saturated heterocycles. The number of carbonyl (C=O) groups excluding carboxylic acids is 3. The summed E-state index contributed by atoms with van der Waals surface area (Å²) in [6.45, 7) is 3.40. The van der Waals surface area contributed by atoms with Crippen LogP contribution >= 0.6 is 0 Å². The number of hydrogen-bond donors (Lipinski definition) is 2.